The Morgan fingerprint density at radius 2 is 1.29 bits per heavy atom. The molecule has 3 nitrogen and oxygen atoms in total. The van der Waals surface area contributed by atoms with E-state index in [1.54, 1.807) is 0 Å². The van der Waals surface area contributed by atoms with Crippen LogP contribution in [0, 0.1) is 24.7 Å². The van der Waals surface area contributed by atoms with Crippen molar-refractivity contribution in [3.63, 3.8) is 0 Å². The first-order valence-corrected chi connectivity index (χ1v) is 4.08. The number of hydrogen-bond donors (Lipinski definition) is 0. The Bertz CT molecular complexity index is 284. The summed E-state index contributed by atoms with van der Waals surface area (Å²) in [6, 6.07) is 0. The van der Waals surface area contributed by atoms with Crippen LogP contribution in [0.3, 0.4) is 0 Å². The molecule has 0 rings (SSSR count). The summed E-state index contributed by atoms with van der Waals surface area (Å²) in [4.78, 5) is 0. The van der Waals surface area contributed by atoms with Crippen LogP contribution in [0.2, 0.25) is 0 Å². The van der Waals surface area contributed by atoms with Gasteiger partial charge in [-0.05, 0) is 0 Å². The van der Waals surface area contributed by atoms with E-state index < -0.39 is 20.5 Å². The molecule has 0 heterocycles. The van der Waals surface area contributed by atoms with Gasteiger partial charge in [0.25, 0.3) is 0 Å². The summed E-state index contributed by atoms with van der Waals surface area (Å²) < 4.78 is 65.1. The molecule has 0 atom stereocenters. The minimum absolute atomic E-state index is 0.769. The molecule has 0 saturated heterocycles. The molecule has 0 bridgehead atoms. The van der Waals surface area contributed by atoms with Crippen LogP contribution in [0.5, 0.6) is 0 Å². The molecule has 8 heteroatoms. The lowest BCUT2D eigenvalue weighted by atomic mass is 10.7. The highest BCUT2D eigenvalue weighted by Crippen LogP contribution is 2.38. The standard InChI is InChI=1S/C6H3F4O3P/c1-3-5(7,8)12-14(11)13-6(9,10)4-2/h1-2,14H. The van der Waals surface area contributed by atoms with Crippen molar-refractivity contribution in [2.75, 3.05) is 0 Å². The van der Waals surface area contributed by atoms with Crippen LogP contribution in [-0.2, 0) is 13.6 Å². The van der Waals surface area contributed by atoms with E-state index in [0.29, 0.717) is 0 Å². The van der Waals surface area contributed by atoms with Crippen LogP contribution in [-0.4, -0.2) is 12.2 Å². The Labute approximate surface area is 77.3 Å². The summed E-state index contributed by atoms with van der Waals surface area (Å²) >= 11 is 0. The number of rotatable bonds is 4. The summed E-state index contributed by atoms with van der Waals surface area (Å²) in [5.41, 5.74) is 0. The molecule has 0 aromatic rings. The molecule has 0 spiro atoms. The van der Waals surface area contributed by atoms with Gasteiger partial charge in [-0.15, -0.1) is 12.8 Å². The molecule has 14 heavy (non-hydrogen) atoms. The van der Waals surface area contributed by atoms with Gasteiger partial charge in [0, 0.05) is 11.8 Å². The number of terminal acetylenes is 2. The van der Waals surface area contributed by atoms with Crippen LogP contribution >= 0.6 is 8.25 Å². The molecule has 0 fully saturated rings. The summed E-state index contributed by atoms with van der Waals surface area (Å²) in [6.45, 7) is 0. The molecule has 0 saturated carbocycles. The second kappa shape index (κ2) is 4.47. The van der Waals surface area contributed by atoms with Gasteiger partial charge in [0.15, 0.2) is 0 Å². The third-order valence-electron chi connectivity index (χ3n) is 0.759. The lowest BCUT2D eigenvalue weighted by molar-refractivity contribution is -0.159. The van der Waals surface area contributed by atoms with Gasteiger partial charge in [0.1, 0.15) is 0 Å². The third kappa shape index (κ3) is 4.88. The molecule has 0 unspecified atom stereocenters. The average Bonchev–Trinajstić information content (AvgIpc) is 2.02. The summed E-state index contributed by atoms with van der Waals surface area (Å²) in [6.07, 6.45) is -0.0310. The van der Waals surface area contributed by atoms with Crippen molar-refractivity contribution in [1.29, 1.82) is 0 Å². The van der Waals surface area contributed by atoms with Crippen molar-refractivity contribution in [2.45, 2.75) is 12.2 Å². The van der Waals surface area contributed by atoms with Crippen LogP contribution in [0.25, 0.3) is 0 Å². The molecule has 0 aromatic carbocycles. The number of alkyl halides is 4. The van der Waals surface area contributed by atoms with Crippen LogP contribution in [0.15, 0.2) is 0 Å². The Morgan fingerprint density at radius 3 is 1.50 bits per heavy atom. The first-order valence-electron chi connectivity index (χ1n) is 2.85. The fourth-order valence-electron chi connectivity index (χ4n) is 0.289. The molecule has 0 aliphatic rings. The highest BCUT2D eigenvalue weighted by atomic mass is 31.1. The smallest absolute Gasteiger partial charge is 0.263 e. The lowest BCUT2D eigenvalue weighted by Gasteiger charge is -2.12. The Balaban J connectivity index is 4.30. The van der Waals surface area contributed by atoms with E-state index in [1.807, 2.05) is 0 Å². The molecule has 0 N–H and O–H groups in total. The van der Waals surface area contributed by atoms with Gasteiger partial charge < -0.3 is 0 Å². The fourth-order valence-corrected chi connectivity index (χ4v) is 0.867. The molecule has 0 aliphatic heterocycles. The molecular weight excluding hydrogens is 227 g/mol. The van der Waals surface area contributed by atoms with E-state index in [2.05, 4.69) is 21.9 Å². The predicted octanol–water partition coefficient (Wildman–Crippen LogP) is 1.86. The van der Waals surface area contributed by atoms with Gasteiger partial charge >= 0.3 is 20.5 Å². The minimum atomic E-state index is -4.24. The van der Waals surface area contributed by atoms with Gasteiger partial charge in [-0.2, -0.15) is 17.6 Å². The number of hydrogen-bond acceptors (Lipinski definition) is 3. The van der Waals surface area contributed by atoms with Crippen LogP contribution < -0.4 is 0 Å². The van der Waals surface area contributed by atoms with Crippen molar-refractivity contribution in [3.05, 3.63) is 0 Å². The molecule has 0 aromatic heterocycles. The average molecular weight is 230 g/mol. The van der Waals surface area contributed by atoms with Crippen molar-refractivity contribution in [2.24, 2.45) is 0 Å². The number of halogens is 4. The monoisotopic (exact) mass is 230 g/mol. The maximum absolute atomic E-state index is 12.1. The van der Waals surface area contributed by atoms with Crippen molar-refractivity contribution in [1.82, 2.24) is 0 Å². The van der Waals surface area contributed by atoms with Gasteiger partial charge in [0.05, 0.1) is 0 Å². The van der Waals surface area contributed by atoms with E-state index in [0.717, 1.165) is 11.8 Å². The van der Waals surface area contributed by atoms with Crippen LogP contribution in [0.4, 0.5) is 17.6 Å². The SMILES string of the molecule is C#CC(F)(F)O[PH](=O)OC(F)(F)C#C. The van der Waals surface area contributed by atoms with Crippen LogP contribution in [0.1, 0.15) is 0 Å². The maximum atomic E-state index is 12.1. The summed E-state index contributed by atoms with van der Waals surface area (Å²) in [7, 11) is -4.16. The Morgan fingerprint density at radius 1 is 1.00 bits per heavy atom. The first kappa shape index (κ1) is 13.0. The fraction of sp³-hybridized carbons (Fsp3) is 0.333. The van der Waals surface area contributed by atoms with Crippen molar-refractivity contribution < 1.29 is 31.2 Å². The second-order valence-corrected chi connectivity index (χ2v) is 2.68. The van der Waals surface area contributed by atoms with Gasteiger partial charge in [-0.3, -0.25) is 4.57 Å². The first-order chi connectivity index (χ1) is 6.22. The zero-order valence-corrected chi connectivity index (χ0v) is 7.39. The zero-order chi connectivity index (χ0) is 11.4. The quantitative estimate of drug-likeness (QED) is 0.420. The van der Waals surface area contributed by atoms with Gasteiger partial charge in [-0.1, -0.05) is 0 Å². The van der Waals surface area contributed by atoms with Crippen molar-refractivity contribution in [3.8, 4) is 24.7 Å². The Kier molecular flexibility index (Phi) is 4.15. The molecule has 0 amide bonds. The highest BCUT2D eigenvalue weighted by molar-refractivity contribution is 7.33. The zero-order valence-electron chi connectivity index (χ0n) is 6.39. The lowest BCUT2D eigenvalue weighted by Crippen LogP contribution is -2.18. The second-order valence-electron chi connectivity index (χ2n) is 1.78. The van der Waals surface area contributed by atoms with Crippen molar-refractivity contribution >= 4 is 8.25 Å². The maximum Gasteiger partial charge on any atom is 0.429 e. The van der Waals surface area contributed by atoms with Gasteiger partial charge in [-0.25, -0.2) is 9.05 Å². The molecular formula is C6H3F4O3P. The molecule has 78 valence electrons. The van der Waals surface area contributed by atoms with Gasteiger partial charge in [0.2, 0.25) is 0 Å². The van der Waals surface area contributed by atoms with E-state index in [-0.39, 0.29) is 0 Å². The summed E-state index contributed by atoms with van der Waals surface area (Å²) in [5, 5.41) is 0. The Hall–Kier alpha value is -1.01. The normalized spacial score (nSPS) is 12.2. The van der Waals surface area contributed by atoms with E-state index in [1.165, 1.54) is 0 Å². The summed E-state index contributed by atoms with van der Waals surface area (Å²) in [5.74, 6) is 1.54. The topological polar surface area (TPSA) is 35.5 Å². The van der Waals surface area contributed by atoms with E-state index >= 15 is 0 Å². The third-order valence-corrected chi connectivity index (χ3v) is 1.61. The highest BCUT2D eigenvalue weighted by Gasteiger charge is 2.36. The molecule has 0 aliphatic carbocycles. The molecule has 0 radical (unpaired) electrons. The van der Waals surface area contributed by atoms with E-state index in [4.69, 9.17) is 0 Å². The predicted molar refractivity (Wildman–Crippen MR) is 38.7 cm³/mol. The largest absolute Gasteiger partial charge is 0.429 e. The minimum Gasteiger partial charge on any atom is -0.263 e. The van der Waals surface area contributed by atoms with E-state index in [9.17, 15) is 22.1 Å².